The number of benzene rings is 1. The molecule has 0 saturated carbocycles. The first-order valence-corrected chi connectivity index (χ1v) is 10.6. The maximum atomic E-state index is 13.0. The molecule has 2 saturated heterocycles. The fourth-order valence-electron chi connectivity index (χ4n) is 4.15. The smallest absolute Gasteiger partial charge is 0.229 e. The molecule has 1 atom stereocenters. The van der Waals surface area contributed by atoms with Crippen molar-refractivity contribution in [2.75, 3.05) is 48.8 Å². The van der Waals surface area contributed by atoms with E-state index < -0.39 is 0 Å². The molecule has 0 spiro atoms. The lowest BCUT2D eigenvalue weighted by atomic mass is 9.97. The molecule has 0 bridgehead atoms. The summed E-state index contributed by atoms with van der Waals surface area (Å²) in [6.45, 7) is 3.75. The van der Waals surface area contributed by atoms with Crippen LogP contribution in [0.3, 0.4) is 0 Å². The predicted octanol–water partition coefficient (Wildman–Crippen LogP) is 2.84. The molecule has 7 nitrogen and oxygen atoms in total. The van der Waals surface area contributed by atoms with Gasteiger partial charge in [0, 0.05) is 31.5 Å². The van der Waals surface area contributed by atoms with E-state index in [1.807, 2.05) is 24.3 Å². The predicted molar refractivity (Wildman–Crippen MR) is 116 cm³/mol. The number of hydrogen-bond acceptors (Lipinski definition) is 6. The summed E-state index contributed by atoms with van der Waals surface area (Å²) in [5.74, 6) is 0.710. The van der Waals surface area contributed by atoms with Crippen molar-refractivity contribution in [1.82, 2.24) is 14.9 Å². The Balaban J connectivity index is 1.39. The number of nitrogens with zero attached hydrogens (tertiary/aromatic N) is 4. The molecule has 3 heterocycles. The summed E-state index contributed by atoms with van der Waals surface area (Å²) in [5.41, 5.74) is 1.87. The van der Waals surface area contributed by atoms with Crippen molar-refractivity contribution in [2.45, 2.75) is 31.7 Å². The van der Waals surface area contributed by atoms with Crippen molar-refractivity contribution in [2.24, 2.45) is 5.92 Å². The van der Waals surface area contributed by atoms with Gasteiger partial charge in [0.05, 0.1) is 17.3 Å². The summed E-state index contributed by atoms with van der Waals surface area (Å²) in [7, 11) is 2.17. The summed E-state index contributed by atoms with van der Waals surface area (Å²) in [4.78, 5) is 26.2. The maximum absolute atomic E-state index is 13.0. The van der Waals surface area contributed by atoms with Crippen molar-refractivity contribution < 1.29 is 4.79 Å². The number of rotatable bonds is 5. The lowest BCUT2D eigenvalue weighted by Crippen LogP contribution is -2.41. The highest BCUT2D eigenvalue weighted by Gasteiger charge is 2.27. The van der Waals surface area contributed by atoms with Gasteiger partial charge in [-0.2, -0.15) is 0 Å². The first-order chi connectivity index (χ1) is 14.2. The van der Waals surface area contributed by atoms with E-state index in [-0.39, 0.29) is 11.8 Å². The van der Waals surface area contributed by atoms with E-state index >= 15 is 0 Å². The molecule has 1 aromatic carbocycles. The van der Waals surface area contributed by atoms with Crippen LogP contribution in [0.4, 0.5) is 17.3 Å². The Kier molecular flexibility index (Phi) is 6.24. The molecule has 0 radical (unpaired) electrons. The molecular formula is C22H30N6O. The van der Waals surface area contributed by atoms with Crippen molar-refractivity contribution in [3.8, 4) is 0 Å². The Morgan fingerprint density at radius 2 is 1.72 bits per heavy atom. The third-order valence-corrected chi connectivity index (χ3v) is 5.89. The number of hydrogen-bond donors (Lipinski definition) is 2. The number of nitrogens with one attached hydrogen (secondary N) is 2. The van der Waals surface area contributed by atoms with Crippen LogP contribution in [0.25, 0.3) is 0 Å². The second-order valence-electron chi connectivity index (χ2n) is 8.09. The quantitative estimate of drug-likeness (QED) is 0.812. The van der Waals surface area contributed by atoms with E-state index in [1.54, 1.807) is 12.4 Å². The standard InChI is InChI=1S/C22H30N6O/c1-27-14-9-18(10-15-27)25-19-7-2-3-8-20(19)26-21(29)17-6-4-13-28(16-17)22-23-11-5-12-24-22/h2-3,5,7-8,11-12,17-18,25H,4,6,9-10,13-16H2,1H3,(H,26,29). The number of para-hydroxylation sites is 2. The summed E-state index contributed by atoms with van der Waals surface area (Å²) >= 11 is 0. The second-order valence-corrected chi connectivity index (χ2v) is 8.09. The first-order valence-electron chi connectivity index (χ1n) is 10.6. The Morgan fingerprint density at radius 1 is 1.00 bits per heavy atom. The van der Waals surface area contributed by atoms with Crippen LogP contribution in [0.15, 0.2) is 42.7 Å². The average Bonchev–Trinajstić information content (AvgIpc) is 2.77. The molecule has 154 valence electrons. The largest absolute Gasteiger partial charge is 0.381 e. The van der Waals surface area contributed by atoms with Crippen LogP contribution in [0, 0.1) is 5.92 Å². The fraction of sp³-hybridized carbons (Fsp3) is 0.500. The van der Waals surface area contributed by atoms with Crippen molar-refractivity contribution in [3.63, 3.8) is 0 Å². The van der Waals surface area contributed by atoms with Crippen LogP contribution in [0.5, 0.6) is 0 Å². The van der Waals surface area contributed by atoms with Gasteiger partial charge in [-0.1, -0.05) is 12.1 Å². The summed E-state index contributed by atoms with van der Waals surface area (Å²) in [6.07, 6.45) is 7.58. The molecule has 7 heteroatoms. The van der Waals surface area contributed by atoms with Crippen molar-refractivity contribution in [1.29, 1.82) is 0 Å². The Morgan fingerprint density at radius 3 is 2.48 bits per heavy atom. The van der Waals surface area contributed by atoms with Crippen LogP contribution in [-0.4, -0.2) is 60.0 Å². The molecule has 2 aliphatic heterocycles. The normalized spacial score (nSPS) is 21.0. The average molecular weight is 395 g/mol. The Labute approximate surface area is 172 Å². The van der Waals surface area contributed by atoms with Crippen LogP contribution in [-0.2, 0) is 4.79 Å². The molecule has 1 unspecified atom stereocenters. The van der Waals surface area contributed by atoms with E-state index in [2.05, 4.69) is 43.5 Å². The number of anilines is 3. The van der Waals surface area contributed by atoms with Gasteiger partial charge in [-0.25, -0.2) is 9.97 Å². The van der Waals surface area contributed by atoms with Gasteiger partial charge in [0.15, 0.2) is 0 Å². The topological polar surface area (TPSA) is 73.4 Å². The zero-order chi connectivity index (χ0) is 20.1. The lowest BCUT2D eigenvalue weighted by Gasteiger charge is -2.32. The minimum atomic E-state index is -0.0658. The van der Waals surface area contributed by atoms with Crippen LogP contribution in [0.2, 0.25) is 0 Å². The van der Waals surface area contributed by atoms with Gasteiger partial charge >= 0.3 is 0 Å². The van der Waals surface area contributed by atoms with Gasteiger partial charge in [-0.15, -0.1) is 0 Å². The third-order valence-electron chi connectivity index (χ3n) is 5.89. The molecule has 2 N–H and O–H groups in total. The zero-order valence-electron chi connectivity index (χ0n) is 17.1. The molecule has 1 aromatic heterocycles. The lowest BCUT2D eigenvalue weighted by molar-refractivity contribution is -0.120. The fourth-order valence-corrected chi connectivity index (χ4v) is 4.15. The number of carbonyl (C=O) groups excluding carboxylic acids is 1. The van der Waals surface area contributed by atoms with Crippen LogP contribution in [0.1, 0.15) is 25.7 Å². The number of aromatic nitrogens is 2. The SMILES string of the molecule is CN1CCC(Nc2ccccc2NC(=O)C2CCCN(c3ncccn3)C2)CC1. The number of piperidine rings is 2. The Hall–Kier alpha value is -2.67. The minimum Gasteiger partial charge on any atom is -0.381 e. The maximum Gasteiger partial charge on any atom is 0.229 e. The van der Waals surface area contributed by atoms with E-state index in [4.69, 9.17) is 0 Å². The van der Waals surface area contributed by atoms with Crippen LogP contribution < -0.4 is 15.5 Å². The molecule has 29 heavy (non-hydrogen) atoms. The molecular weight excluding hydrogens is 364 g/mol. The minimum absolute atomic E-state index is 0.0658. The van der Waals surface area contributed by atoms with E-state index in [0.717, 1.165) is 56.7 Å². The molecule has 4 rings (SSSR count). The summed E-state index contributed by atoms with van der Waals surface area (Å²) < 4.78 is 0. The van der Waals surface area contributed by atoms with Crippen molar-refractivity contribution in [3.05, 3.63) is 42.7 Å². The van der Waals surface area contributed by atoms with Gasteiger partial charge in [-0.3, -0.25) is 4.79 Å². The van der Waals surface area contributed by atoms with Gasteiger partial charge in [0.2, 0.25) is 11.9 Å². The van der Waals surface area contributed by atoms with Gasteiger partial charge in [0.1, 0.15) is 0 Å². The number of likely N-dealkylation sites (tertiary alicyclic amines) is 1. The zero-order valence-corrected chi connectivity index (χ0v) is 17.1. The third kappa shape index (κ3) is 5.03. The highest BCUT2D eigenvalue weighted by molar-refractivity contribution is 5.96. The van der Waals surface area contributed by atoms with Crippen molar-refractivity contribution >= 4 is 23.2 Å². The monoisotopic (exact) mass is 394 g/mol. The highest BCUT2D eigenvalue weighted by Crippen LogP contribution is 2.27. The van der Waals surface area contributed by atoms with Gasteiger partial charge in [0.25, 0.3) is 0 Å². The first kappa shape index (κ1) is 19.6. The molecule has 2 aromatic rings. The summed E-state index contributed by atoms with van der Waals surface area (Å²) in [6, 6.07) is 10.3. The summed E-state index contributed by atoms with van der Waals surface area (Å²) in [5, 5.41) is 6.81. The molecule has 1 amide bonds. The highest BCUT2D eigenvalue weighted by atomic mass is 16.1. The molecule has 0 aliphatic carbocycles. The van der Waals surface area contributed by atoms with E-state index in [0.29, 0.717) is 18.5 Å². The molecule has 2 fully saturated rings. The second kappa shape index (κ2) is 9.22. The van der Waals surface area contributed by atoms with Gasteiger partial charge < -0.3 is 20.4 Å². The van der Waals surface area contributed by atoms with E-state index in [1.165, 1.54) is 0 Å². The van der Waals surface area contributed by atoms with E-state index in [9.17, 15) is 4.79 Å². The number of amides is 1. The Bertz CT molecular complexity index is 806. The van der Waals surface area contributed by atoms with Gasteiger partial charge in [-0.05, 0) is 64.0 Å². The van der Waals surface area contributed by atoms with Crippen LogP contribution >= 0.6 is 0 Å². The number of carbonyl (C=O) groups is 1. The molecule has 2 aliphatic rings.